The van der Waals surface area contributed by atoms with Crippen LogP contribution in [0.5, 0.6) is 0 Å². The van der Waals surface area contributed by atoms with Gasteiger partial charge >= 0.3 is 0 Å². The molecule has 18 heavy (non-hydrogen) atoms. The average Bonchev–Trinajstić information content (AvgIpc) is 2.39. The van der Waals surface area contributed by atoms with Crippen LogP contribution in [0.15, 0.2) is 24.3 Å². The van der Waals surface area contributed by atoms with Crippen LogP contribution in [0.2, 0.25) is 0 Å². The minimum atomic E-state index is 0.173. The SMILES string of the molecule is CNCCNC(=O)CC1CCCc2ccccc21. The van der Waals surface area contributed by atoms with E-state index < -0.39 is 0 Å². The van der Waals surface area contributed by atoms with Crippen molar-refractivity contribution >= 4 is 5.91 Å². The normalized spacial score (nSPS) is 18.2. The van der Waals surface area contributed by atoms with Crippen molar-refractivity contribution in [1.29, 1.82) is 0 Å². The van der Waals surface area contributed by atoms with Crippen molar-refractivity contribution in [3.05, 3.63) is 35.4 Å². The van der Waals surface area contributed by atoms with E-state index in [-0.39, 0.29) is 5.91 Å². The van der Waals surface area contributed by atoms with Crippen molar-refractivity contribution in [2.24, 2.45) is 0 Å². The van der Waals surface area contributed by atoms with E-state index in [4.69, 9.17) is 0 Å². The summed E-state index contributed by atoms with van der Waals surface area (Å²) in [7, 11) is 1.89. The summed E-state index contributed by atoms with van der Waals surface area (Å²) >= 11 is 0. The highest BCUT2D eigenvalue weighted by Gasteiger charge is 2.21. The van der Waals surface area contributed by atoms with Gasteiger partial charge in [0.15, 0.2) is 0 Å². The summed E-state index contributed by atoms with van der Waals surface area (Å²) in [5.41, 5.74) is 2.81. The number of rotatable bonds is 5. The van der Waals surface area contributed by atoms with Crippen LogP contribution in [0.25, 0.3) is 0 Å². The summed E-state index contributed by atoms with van der Waals surface area (Å²) in [6.45, 7) is 1.54. The Morgan fingerprint density at radius 1 is 1.33 bits per heavy atom. The van der Waals surface area contributed by atoms with Gasteiger partial charge in [0.1, 0.15) is 0 Å². The summed E-state index contributed by atoms with van der Waals surface area (Å²) in [6.07, 6.45) is 4.12. The minimum absolute atomic E-state index is 0.173. The lowest BCUT2D eigenvalue weighted by Gasteiger charge is -2.25. The number of amides is 1. The van der Waals surface area contributed by atoms with Gasteiger partial charge < -0.3 is 10.6 Å². The first kappa shape index (κ1) is 13.1. The predicted molar refractivity (Wildman–Crippen MR) is 73.7 cm³/mol. The number of fused-ring (bicyclic) bond motifs is 1. The Morgan fingerprint density at radius 2 is 2.17 bits per heavy atom. The van der Waals surface area contributed by atoms with E-state index in [1.54, 1.807) is 0 Å². The Labute approximate surface area is 109 Å². The second kappa shape index (κ2) is 6.55. The van der Waals surface area contributed by atoms with Gasteiger partial charge in [-0.3, -0.25) is 4.79 Å². The van der Waals surface area contributed by atoms with Crippen molar-refractivity contribution < 1.29 is 4.79 Å². The molecule has 1 amide bonds. The number of aryl methyl sites for hydroxylation is 1. The summed E-state index contributed by atoms with van der Waals surface area (Å²) in [5.74, 6) is 0.580. The molecule has 0 saturated carbocycles. The summed E-state index contributed by atoms with van der Waals surface area (Å²) in [6, 6.07) is 8.55. The highest BCUT2D eigenvalue weighted by molar-refractivity contribution is 5.77. The molecule has 2 N–H and O–H groups in total. The maximum atomic E-state index is 11.9. The van der Waals surface area contributed by atoms with Crippen molar-refractivity contribution in [3.63, 3.8) is 0 Å². The zero-order valence-electron chi connectivity index (χ0n) is 11.0. The van der Waals surface area contributed by atoms with Gasteiger partial charge in [0.2, 0.25) is 5.91 Å². The van der Waals surface area contributed by atoms with E-state index in [0.29, 0.717) is 18.9 Å². The van der Waals surface area contributed by atoms with Crippen LogP contribution < -0.4 is 10.6 Å². The van der Waals surface area contributed by atoms with Gasteiger partial charge in [-0.15, -0.1) is 0 Å². The molecule has 98 valence electrons. The molecule has 0 fully saturated rings. The largest absolute Gasteiger partial charge is 0.355 e. The first-order valence-electron chi connectivity index (χ1n) is 6.80. The third kappa shape index (κ3) is 3.33. The van der Waals surface area contributed by atoms with Gasteiger partial charge in [0.25, 0.3) is 0 Å². The van der Waals surface area contributed by atoms with Crippen LogP contribution in [-0.4, -0.2) is 26.0 Å². The topological polar surface area (TPSA) is 41.1 Å². The maximum Gasteiger partial charge on any atom is 0.220 e. The average molecular weight is 246 g/mol. The number of nitrogens with one attached hydrogen (secondary N) is 2. The first-order chi connectivity index (χ1) is 8.81. The number of carbonyl (C=O) groups excluding carboxylic acids is 1. The lowest BCUT2D eigenvalue weighted by atomic mass is 9.81. The number of hydrogen-bond donors (Lipinski definition) is 2. The molecular weight excluding hydrogens is 224 g/mol. The molecule has 0 spiro atoms. The molecule has 1 aromatic rings. The summed E-state index contributed by atoms with van der Waals surface area (Å²) in [4.78, 5) is 11.9. The second-order valence-corrected chi connectivity index (χ2v) is 4.95. The van der Waals surface area contributed by atoms with Crippen LogP contribution >= 0.6 is 0 Å². The first-order valence-corrected chi connectivity index (χ1v) is 6.80. The fourth-order valence-corrected chi connectivity index (χ4v) is 2.69. The third-order valence-electron chi connectivity index (χ3n) is 3.62. The van der Waals surface area contributed by atoms with Gasteiger partial charge in [0, 0.05) is 19.5 Å². The summed E-state index contributed by atoms with van der Waals surface area (Å²) < 4.78 is 0. The van der Waals surface area contributed by atoms with Crippen LogP contribution in [0.4, 0.5) is 0 Å². The minimum Gasteiger partial charge on any atom is -0.355 e. The van der Waals surface area contributed by atoms with Crippen molar-refractivity contribution in [2.75, 3.05) is 20.1 Å². The van der Waals surface area contributed by atoms with Crippen molar-refractivity contribution in [1.82, 2.24) is 10.6 Å². The lowest BCUT2D eigenvalue weighted by Crippen LogP contribution is -2.31. The molecule has 1 aliphatic rings. The highest BCUT2D eigenvalue weighted by Crippen LogP contribution is 2.33. The smallest absolute Gasteiger partial charge is 0.220 e. The molecule has 3 heteroatoms. The summed E-state index contributed by atoms with van der Waals surface area (Å²) in [5, 5.41) is 5.99. The molecular formula is C15H22N2O. The van der Waals surface area contributed by atoms with E-state index in [2.05, 4.69) is 34.9 Å². The predicted octanol–water partition coefficient (Wildman–Crippen LogP) is 1.83. The molecule has 0 aliphatic heterocycles. The Morgan fingerprint density at radius 3 is 3.00 bits per heavy atom. The van der Waals surface area contributed by atoms with Crippen molar-refractivity contribution in [2.45, 2.75) is 31.6 Å². The molecule has 1 atom stereocenters. The van der Waals surface area contributed by atoms with Gasteiger partial charge in [-0.25, -0.2) is 0 Å². The molecule has 1 unspecified atom stereocenters. The molecule has 2 rings (SSSR count). The molecule has 1 aromatic carbocycles. The number of carbonyl (C=O) groups is 1. The van der Waals surface area contributed by atoms with Gasteiger partial charge in [-0.05, 0) is 43.4 Å². The quantitative estimate of drug-likeness (QED) is 0.778. The Kier molecular flexibility index (Phi) is 4.76. The number of benzene rings is 1. The van der Waals surface area contributed by atoms with E-state index in [1.165, 1.54) is 17.5 Å². The molecule has 0 aromatic heterocycles. The second-order valence-electron chi connectivity index (χ2n) is 4.95. The van der Waals surface area contributed by atoms with Crippen molar-refractivity contribution in [3.8, 4) is 0 Å². The molecule has 0 heterocycles. The zero-order valence-corrected chi connectivity index (χ0v) is 11.0. The Bertz CT molecular complexity index is 403. The van der Waals surface area contributed by atoms with Crippen LogP contribution in [0.3, 0.4) is 0 Å². The molecule has 1 aliphatic carbocycles. The third-order valence-corrected chi connectivity index (χ3v) is 3.62. The standard InChI is InChI=1S/C15H22N2O/c1-16-9-10-17-15(18)11-13-7-4-6-12-5-2-3-8-14(12)13/h2-3,5,8,13,16H,4,6-7,9-11H2,1H3,(H,17,18). The van der Waals surface area contributed by atoms with E-state index >= 15 is 0 Å². The number of likely N-dealkylation sites (N-methyl/N-ethyl adjacent to an activating group) is 1. The van der Waals surface area contributed by atoms with Gasteiger partial charge in [-0.2, -0.15) is 0 Å². The van der Waals surface area contributed by atoms with E-state index in [0.717, 1.165) is 19.4 Å². The van der Waals surface area contributed by atoms with E-state index in [9.17, 15) is 4.79 Å². The molecule has 3 nitrogen and oxygen atoms in total. The lowest BCUT2D eigenvalue weighted by molar-refractivity contribution is -0.121. The molecule has 0 bridgehead atoms. The van der Waals surface area contributed by atoms with Crippen LogP contribution in [-0.2, 0) is 11.2 Å². The molecule has 0 radical (unpaired) electrons. The monoisotopic (exact) mass is 246 g/mol. The maximum absolute atomic E-state index is 11.9. The zero-order chi connectivity index (χ0) is 12.8. The number of hydrogen-bond acceptors (Lipinski definition) is 2. The van der Waals surface area contributed by atoms with Gasteiger partial charge in [-0.1, -0.05) is 24.3 Å². The van der Waals surface area contributed by atoms with Gasteiger partial charge in [0.05, 0.1) is 0 Å². The molecule has 0 saturated heterocycles. The fourth-order valence-electron chi connectivity index (χ4n) is 2.69. The fraction of sp³-hybridized carbons (Fsp3) is 0.533. The van der Waals surface area contributed by atoms with Crippen LogP contribution in [0.1, 0.15) is 36.3 Å². The Balaban J connectivity index is 1.92. The Hall–Kier alpha value is -1.35. The van der Waals surface area contributed by atoms with E-state index in [1.807, 2.05) is 7.05 Å². The highest BCUT2D eigenvalue weighted by atomic mass is 16.1. The van der Waals surface area contributed by atoms with Crippen LogP contribution in [0, 0.1) is 0 Å².